The van der Waals surface area contributed by atoms with E-state index in [4.69, 9.17) is 0 Å². The number of amides is 1. The van der Waals surface area contributed by atoms with Crippen molar-refractivity contribution in [1.82, 2.24) is 24.5 Å². The van der Waals surface area contributed by atoms with Gasteiger partial charge in [0.1, 0.15) is 22.9 Å². The van der Waals surface area contributed by atoms with E-state index in [0.717, 1.165) is 6.42 Å². The smallest absolute Gasteiger partial charge is 0.274 e. The minimum Gasteiger partial charge on any atom is -0.391 e. The summed E-state index contributed by atoms with van der Waals surface area (Å²) in [6, 6.07) is 4.96. The fraction of sp³-hybridized carbons (Fsp3) is 0.400. The highest BCUT2D eigenvalue weighted by atomic mass is 16.3. The van der Waals surface area contributed by atoms with Crippen LogP contribution in [0.3, 0.4) is 0 Å². The number of carbonyl (C=O) groups excluding carboxylic acids is 1. The van der Waals surface area contributed by atoms with Gasteiger partial charge in [-0.25, -0.2) is 4.98 Å². The van der Waals surface area contributed by atoms with E-state index >= 15 is 0 Å². The minimum atomic E-state index is -0.518. The van der Waals surface area contributed by atoms with E-state index in [9.17, 15) is 14.7 Å². The van der Waals surface area contributed by atoms with Crippen LogP contribution in [0.25, 0.3) is 5.65 Å². The summed E-state index contributed by atoms with van der Waals surface area (Å²) >= 11 is 0. The lowest BCUT2D eigenvalue weighted by Gasteiger charge is -2.32. The highest BCUT2D eigenvalue weighted by Crippen LogP contribution is 2.23. The number of nitrogens with zero attached hydrogens (tertiary/aromatic N) is 4. The van der Waals surface area contributed by atoms with E-state index in [2.05, 4.69) is 26.0 Å². The number of fused-ring (bicyclic) bond motifs is 1. The lowest BCUT2D eigenvalue weighted by molar-refractivity contribution is 0.0448. The van der Waals surface area contributed by atoms with Crippen LogP contribution in [0.15, 0.2) is 35.4 Å². The van der Waals surface area contributed by atoms with Gasteiger partial charge in [0.15, 0.2) is 5.65 Å². The number of aromatic nitrogens is 4. The van der Waals surface area contributed by atoms with Crippen molar-refractivity contribution in [2.45, 2.75) is 44.9 Å². The van der Waals surface area contributed by atoms with Crippen LogP contribution in [-0.4, -0.2) is 49.4 Å². The number of nitrogens with one attached hydrogen (secondary N) is 3. The van der Waals surface area contributed by atoms with Gasteiger partial charge in [0.05, 0.1) is 18.3 Å². The van der Waals surface area contributed by atoms with Gasteiger partial charge in [-0.15, -0.1) is 0 Å². The molecule has 3 heterocycles. The molecule has 10 nitrogen and oxygen atoms in total. The predicted octanol–water partition coefficient (Wildman–Crippen LogP) is 1.51. The highest BCUT2D eigenvalue weighted by Gasteiger charge is 2.31. The Kier molecular flexibility index (Phi) is 5.17. The van der Waals surface area contributed by atoms with E-state index in [1.54, 1.807) is 36.0 Å². The van der Waals surface area contributed by atoms with Crippen molar-refractivity contribution in [2.75, 3.05) is 17.7 Å². The van der Waals surface area contributed by atoms with Crippen LogP contribution in [-0.2, 0) is 0 Å². The van der Waals surface area contributed by atoms with Gasteiger partial charge in [0.2, 0.25) is 0 Å². The highest BCUT2D eigenvalue weighted by molar-refractivity contribution is 6.00. The summed E-state index contributed by atoms with van der Waals surface area (Å²) in [5, 5.41) is 22.9. The van der Waals surface area contributed by atoms with Crippen molar-refractivity contribution in [2.24, 2.45) is 0 Å². The molecule has 4 rings (SSSR count). The molecule has 30 heavy (non-hydrogen) atoms. The van der Waals surface area contributed by atoms with Crippen LogP contribution < -0.4 is 21.5 Å². The Hall–Kier alpha value is -3.40. The number of pyridine rings is 1. The van der Waals surface area contributed by atoms with Crippen molar-refractivity contribution >= 4 is 28.9 Å². The molecule has 1 saturated carbocycles. The summed E-state index contributed by atoms with van der Waals surface area (Å²) in [6.07, 6.45) is 4.09. The molecule has 0 bridgehead atoms. The molecule has 0 saturated heterocycles. The Bertz CT molecular complexity index is 1150. The topological polar surface area (TPSA) is 126 Å². The first-order valence-electron chi connectivity index (χ1n) is 9.92. The van der Waals surface area contributed by atoms with Crippen LogP contribution in [0.4, 0.5) is 17.3 Å². The Balaban J connectivity index is 1.70. The van der Waals surface area contributed by atoms with Gasteiger partial charge in [-0.3, -0.25) is 9.59 Å². The molecular weight excluding hydrogens is 386 g/mol. The first-order valence-corrected chi connectivity index (χ1v) is 9.92. The zero-order chi connectivity index (χ0) is 21.4. The number of hydrogen-bond donors (Lipinski definition) is 4. The third kappa shape index (κ3) is 3.50. The van der Waals surface area contributed by atoms with Gasteiger partial charge in [-0.05, 0) is 38.8 Å². The summed E-state index contributed by atoms with van der Waals surface area (Å²) < 4.78 is 3.15. The summed E-state index contributed by atoms with van der Waals surface area (Å²) in [5.41, 5.74) is 0.858. The molecule has 1 amide bonds. The summed E-state index contributed by atoms with van der Waals surface area (Å²) in [4.78, 5) is 29.9. The van der Waals surface area contributed by atoms with Gasteiger partial charge >= 0.3 is 0 Å². The van der Waals surface area contributed by atoms with Crippen molar-refractivity contribution < 1.29 is 9.90 Å². The second kappa shape index (κ2) is 7.79. The largest absolute Gasteiger partial charge is 0.391 e. The third-order valence-electron chi connectivity index (χ3n) is 5.32. The standard InChI is InChI=1S/C20H25N7O3/c1-11(2)26-8-4-5-14(20(26)30)23-16-9-17(21-3)27-18(25-16)12(10-22-27)19(29)24-13-6-7-15(13)28/h4-5,8-11,13,15,21,28H,6-7H2,1-3H3,(H,23,25)(H,24,29)/t13?,15-/m1/s1. The molecule has 1 aliphatic carbocycles. The zero-order valence-electron chi connectivity index (χ0n) is 17.1. The van der Waals surface area contributed by atoms with Crippen molar-refractivity contribution in [1.29, 1.82) is 0 Å². The van der Waals surface area contributed by atoms with Crippen molar-refractivity contribution in [3.05, 3.63) is 46.5 Å². The normalized spacial score (nSPS) is 18.3. The molecule has 4 N–H and O–H groups in total. The average Bonchev–Trinajstić information content (AvgIpc) is 3.15. The van der Waals surface area contributed by atoms with E-state index in [1.165, 1.54) is 10.7 Å². The molecule has 0 aromatic carbocycles. The summed E-state index contributed by atoms with van der Waals surface area (Å²) in [5.74, 6) is 0.663. The number of anilines is 3. The van der Waals surface area contributed by atoms with Gasteiger partial charge in [0, 0.05) is 25.4 Å². The molecule has 2 atom stereocenters. The van der Waals surface area contributed by atoms with E-state index in [0.29, 0.717) is 35.0 Å². The fourth-order valence-corrected chi connectivity index (χ4v) is 3.41. The molecule has 0 spiro atoms. The van der Waals surface area contributed by atoms with E-state index < -0.39 is 6.10 Å². The Labute approximate surface area is 172 Å². The Morgan fingerprint density at radius 3 is 2.77 bits per heavy atom. The minimum absolute atomic E-state index is 0.0227. The maximum Gasteiger partial charge on any atom is 0.274 e. The van der Waals surface area contributed by atoms with Gasteiger partial charge in [0.25, 0.3) is 11.5 Å². The molecule has 10 heteroatoms. The molecular formula is C20H25N7O3. The lowest BCUT2D eigenvalue weighted by atomic mass is 9.89. The molecule has 1 unspecified atom stereocenters. The second-order valence-corrected chi connectivity index (χ2v) is 7.65. The first-order chi connectivity index (χ1) is 14.4. The van der Waals surface area contributed by atoms with Gasteiger partial charge < -0.3 is 25.6 Å². The molecule has 0 radical (unpaired) electrons. The molecule has 3 aromatic rings. The maximum atomic E-state index is 12.7. The maximum absolute atomic E-state index is 12.7. The molecule has 0 aliphatic heterocycles. The number of carbonyl (C=O) groups is 1. The molecule has 1 fully saturated rings. The third-order valence-corrected chi connectivity index (χ3v) is 5.32. The Morgan fingerprint density at radius 2 is 2.13 bits per heavy atom. The molecule has 1 aliphatic rings. The molecule has 158 valence electrons. The second-order valence-electron chi connectivity index (χ2n) is 7.65. The van der Waals surface area contributed by atoms with Gasteiger partial charge in [-0.1, -0.05) is 0 Å². The molecule has 3 aromatic heterocycles. The van der Waals surface area contributed by atoms with E-state index in [1.807, 2.05) is 13.8 Å². The van der Waals surface area contributed by atoms with Crippen molar-refractivity contribution in [3.63, 3.8) is 0 Å². The SMILES string of the molecule is CNc1cc(Nc2cccn(C(C)C)c2=O)nc2c(C(=O)NC3CC[C@H]3O)cnn12. The number of rotatable bonds is 6. The quantitative estimate of drug-likeness (QED) is 0.484. The summed E-state index contributed by atoms with van der Waals surface area (Å²) in [6.45, 7) is 3.87. The van der Waals surface area contributed by atoms with Crippen LogP contribution >= 0.6 is 0 Å². The summed E-state index contributed by atoms with van der Waals surface area (Å²) in [7, 11) is 1.74. The Morgan fingerprint density at radius 1 is 1.33 bits per heavy atom. The van der Waals surface area contributed by atoms with Crippen LogP contribution in [0.5, 0.6) is 0 Å². The predicted molar refractivity (Wildman–Crippen MR) is 113 cm³/mol. The monoisotopic (exact) mass is 411 g/mol. The fourth-order valence-electron chi connectivity index (χ4n) is 3.41. The van der Waals surface area contributed by atoms with Crippen molar-refractivity contribution in [3.8, 4) is 0 Å². The van der Waals surface area contributed by atoms with Crippen LogP contribution in [0.2, 0.25) is 0 Å². The van der Waals surface area contributed by atoms with Crippen LogP contribution in [0, 0.1) is 0 Å². The van der Waals surface area contributed by atoms with Gasteiger partial charge in [-0.2, -0.15) is 9.61 Å². The average molecular weight is 411 g/mol. The number of hydrogen-bond acceptors (Lipinski definition) is 7. The lowest BCUT2D eigenvalue weighted by Crippen LogP contribution is -2.50. The van der Waals surface area contributed by atoms with E-state index in [-0.39, 0.29) is 23.6 Å². The number of aliphatic hydroxyl groups excluding tert-OH is 1. The zero-order valence-corrected chi connectivity index (χ0v) is 17.1. The number of aliphatic hydroxyl groups is 1. The first kappa shape index (κ1) is 19.9. The van der Waals surface area contributed by atoms with Crippen LogP contribution in [0.1, 0.15) is 43.1 Å².